The maximum absolute atomic E-state index is 11.8. The number of methoxy groups -OCH3 is 1. The van der Waals surface area contributed by atoms with Gasteiger partial charge in [-0.2, -0.15) is 0 Å². The van der Waals surface area contributed by atoms with Gasteiger partial charge in [0.05, 0.1) is 7.11 Å². The predicted molar refractivity (Wildman–Crippen MR) is 66.4 cm³/mol. The second-order valence-corrected chi connectivity index (χ2v) is 4.31. The van der Waals surface area contributed by atoms with Gasteiger partial charge in [0.1, 0.15) is 6.04 Å². The molecule has 1 saturated heterocycles. The number of esters is 1. The zero-order valence-electron chi connectivity index (χ0n) is 11.0. The minimum atomic E-state index is -1.17. The fraction of sp³-hybridized carbons (Fsp3) is 0.583. The summed E-state index contributed by atoms with van der Waals surface area (Å²) >= 11 is 0. The third kappa shape index (κ3) is 4.36. The van der Waals surface area contributed by atoms with Crippen molar-refractivity contribution in [2.45, 2.75) is 25.8 Å². The highest BCUT2D eigenvalue weighted by atomic mass is 16.5. The van der Waals surface area contributed by atoms with Crippen LogP contribution in [0.5, 0.6) is 0 Å². The summed E-state index contributed by atoms with van der Waals surface area (Å²) < 4.78 is 4.44. The molecule has 0 aromatic carbocycles. The number of hydrogen-bond acceptors (Lipinski definition) is 5. The van der Waals surface area contributed by atoms with Gasteiger partial charge in [0, 0.05) is 25.1 Å². The van der Waals surface area contributed by atoms with Crippen LogP contribution < -0.4 is 10.6 Å². The van der Waals surface area contributed by atoms with Crippen LogP contribution >= 0.6 is 0 Å². The largest absolute Gasteiger partial charge is 0.480 e. The van der Waals surface area contributed by atoms with Gasteiger partial charge in [-0.3, -0.25) is 9.59 Å². The van der Waals surface area contributed by atoms with Crippen LogP contribution in [-0.4, -0.2) is 49.2 Å². The minimum absolute atomic E-state index is 0.00854. The topological polar surface area (TPSA) is 105 Å². The molecule has 0 aromatic heterocycles. The predicted octanol–water partition coefficient (Wildman–Crippen LogP) is -0.571. The van der Waals surface area contributed by atoms with E-state index in [1.165, 1.54) is 7.11 Å². The molecule has 106 valence electrons. The summed E-state index contributed by atoms with van der Waals surface area (Å²) in [5.41, 5.74) is 1.50. The van der Waals surface area contributed by atoms with E-state index in [1.54, 1.807) is 6.92 Å². The van der Waals surface area contributed by atoms with Crippen molar-refractivity contribution in [3.8, 4) is 0 Å². The van der Waals surface area contributed by atoms with Crippen LogP contribution in [0.4, 0.5) is 0 Å². The number of carboxylic acid groups (broad SMARTS) is 1. The van der Waals surface area contributed by atoms with Crippen molar-refractivity contribution in [1.29, 1.82) is 0 Å². The van der Waals surface area contributed by atoms with E-state index in [9.17, 15) is 14.4 Å². The molecule has 7 nitrogen and oxygen atoms in total. The van der Waals surface area contributed by atoms with Gasteiger partial charge in [0.2, 0.25) is 5.91 Å². The Labute approximate surface area is 111 Å². The Hall–Kier alpha value is -1.89. The fourth-order valence-corrected chi connectivity index (χ4v) is 1.56. The first-order valence-corrected chi connectivity index (χ1v) is 5.95. The molecule has 1 heterocycles. The van der Waals surface area contributed by atoms with E-state index in [0.29, 0.717) is 18.7 Å². The Bertz CT molecular complexity index is 410. The molecule has 0 saturated carbocycles. The normalized spacial score (nSPS) is 15.2. The van der Waals surface area contributed by atoms with Crippen molar-refractivity contribution in [2.24, 2.45) is 0 Å². The number of nitrogens with one attached hydrogen (secondary N) is 2. The summed E-state index contributed by atoms with van der Waals surface area (Å²) in [6, 6.07) is -1.09. The van der Waals surface area contributed by atoms with E-state index in [2.05, 4.69) is 15.4 Å². The first-order chi connectivity index (χ1) is 8.95. The molecule has 1 atom stereocenters. The quantitative estimate of drug-likeness (QED) is 0.441. The van der Waals surface area contributed by atoms with Crippen molar-refractivity contribution in [3.63, 3.8) is 0 Å². The van der Waals surface area contributed by atoms with Crippen molar-refractivity contribution >= 4 is 17.8 Å². The zero-order chi connectivity index (χ0) is 14.4. The van der Waals surface area contributed by atoms with Crippen LogP contribution in [0.25, 0.3) is 0 Å². The van der Waals surface area contributed by atoms with Gasteiger partial charge in [0.15, 0.2) is 0 Å². The lowest BCUT2D eigenvalue weighted by atomic mass is 10.0. The standard InChI is InChI=1S/C12H18N2O5/c1-7(8-5-13-6-8)11(16)14-9(12(17)18)3-4-10(15)19-2/h9,13H,3-6H2,1-2H3,(H,14,16)(H,17,18)/t9-/m0/s1. The van der Waals surface area contributed by atoms with E-state index in [0.717, 1.165) is 5.57 Å². The first-order valence-electron chi connectivity index (χ1n) is 5.95. The summed E-state index contributed by atoms with van der Waals surface area (Å²) in [4.78, 5) is 33.8. The molecule has 19 heavy (non-hydrogen) atoms. The number of aliphatic carboxylic acids is 1. The minimum Gasteiger partial charge on any atom is -0.480 e. The summed E-state index contributed by atoms with van der Waals surface area (Å²) in [6.45, 7) is 2.96. The SMILES string of the molecule is COC(=O)CC[C@H](NC(=O)C(C)=C1CNC1)C(=O)O. The molecule has 0 spiro atoms. The van der Waals surface area contributed by atoms with E-state index in [-0.39, 0.29) is 12.8 Å². The average molecular weight is 270 g/mol. The van der Waals surface area contributed by atoms with Crippen LogP contribution in [0, 0.1) is 0 Å². The zero-order valence-corrected chi connectivity index (χ0v) is 11.0. The molecule has 1 rings (SSSR count). The van der Waals surface area contributed by atoms with Crippen molar-refractivity contribution in [3.05, 3.63) is 11.1 Å². The number of carbonyl (C=O) groups is 3. The van der Waals surface area contributed by atoms with Gasteiger partial charge >= 0.3 is 11.9 Å². The summed E-state index contributed by atoms with van der Waals surface area (Å²) in [6.07, 6.45) is -0.0421. The Kier molecular flexibility index (Phi) is 5.50. The molecule has 1 aliphatic rings. The fourth-order valence-electron chi connectivity index (χ4n) is 1.56. The maximum Gasteiger partial charge on any atom is 0.326 e. The Morgan fingerprint density at radius 1 is 1.42 bits per heavy atom. The number of hydrogen-bond donors (Lipinski definition) is 3. The Morgan fingerprint density at radius 2 is 2.05 bits per heavy atom. The van der Waals surface area contributed by atoms with Crippen LogP contribution in [0.15, 0.2) is 11.1 Å². The van der Waals surface area contributed by atoms with Crippen LogP contribution in [0.1, 0.15) is 19.8 Å². The second-order valence-electron chi connectivity index (χ2n) is 4.31. The van der Waals surface area contributed by atoms with Crippen molar-refractivity contribution in [2.75, 3.05) is 20.2 Å². The molecule has 7 heteroatoms. The molecule has 3 N–H and O–H groups in total. The number of amides is 1. The van der Waals surface area contributed by atoms with Gasteiger partial charge < -0.3 is 20.5 Å². The molecule has 1 fully saturated rings. The van der Waals surface area contributed by atoms with Gasteiger partial charge in [0.25, 0.3) is 0 Å². The van der Waals surface area contributed by atoms with Gasteiger partial charge in [-0.05, 0) is 18.9 Å². The Balaban J connectivity index is 2.55. The molecule has 0 radical (unpaired) electrons. The molecular weight excluding hydrogens is 252 g/mol. The number of rotatable bonds is 6. The highest BCUT2D eigenvalue weighted by Gasteiger charge is 2.23. The number of carbonyl (C=O) groups excluding carboxylic acids is 2. The van der Waals surface area contributed by atoms with Gasteiger partial charge in [-0.25, -0.2) is 4.79 Å². The maximum atomic E-state index is 11.8. The summed E-state index contributed by atoms with van der Waals surface area (Å²) in [7, 11) is 1.23. The Morgan fingerprint density at radius 3 is 2.47 bits per heavy atom. The van der Waals surface area contributed by atoms with E-state index < -0.39 is 23.9 Å². The number of carboxylic acids is 1. The molecule has 0 aliphatic carbocycles. The monoisotopic (exact) mass is 270 g/mol. The molecule has 0 bridgehead atoms. The van der Waals surface area contributed by atoms with E-state index >= 15 is 0 Å². The van der Waals surface area contributed by atoms with E-state index in [4.69, 9.17) is 5.11 Å². The number of ether oxygens (including phenoxy) is 1. The molecule has 1 amide bonds. The third-order valence-electron chi connectivity index (χ3n) is 3.02. The smallest absolute Gasteiger partial charge is 0.326 e. The summed E-state index contributed by atoms with van der Waals surface area (Å²) in [5, 5.41) is 14.4. The molecule has 0 unspecified atom stereocenters. The lowest BCUT2D eigenvalue weighted by molar-refractivity contribution is -0.143. The van der Waals surface area contributed by atoms with Crippen molar-refractivity contribution in [1.82, 2.24) is 10.6 Å². The second kappa shape index (κ2) is 6.89. The van der Waals surface area contributed by atoms with E-state index in [1.807, 2.05) is 0 Å². The first kappa shape index (κ1) is 15.2. The van der Waals surface area contributed by atoms with Crippen LogP contribution in [0.3, 0.4) is 0 Å². The van der Waals surface area contributed by atoms with Crippen LogP contribution in [0.2, 0.25) is 0 Å². The lowest BCUT2D eigenvalue weighted by Crippen LogP contribution is -2.43. The highest BCUT2D eigenvalue weighted by Crippen LogP contribution is 2.09. The van der Waals surface area contributed by atoms with Gasteiger partial charge in [-0.1, -0.05) is 0 Å². The highest BCUT2D eigenvalue weighted by molar-refractivity contribution is 5.96. The van der Waals surface area contributed by atoms with Crippen LogP contribution in [-0.2, 0) is 19.1 Å². The average Bonchev–Trinajstić information content (AvgIpc) is 2.30. The van der Waals surface area contributed by atoms with Gasteiger partial charge in [-0.15, -0.1) is 0 Å². The molecule has 0 aromatic rings. The third-order valence-corrected chi connectivity index (χ3v) is 3.02. The lowest BCUT2D eigenvalue weighted by Gasteiger charge is -2.22. The summed E-state index contributed by atoms with van der Waals surface area (Å²) in [5.74, 6) is -2.07. The molecular formula is C12H18N2O5. The van der Waals surface area contributed by atoms with Crippen molar-refractivity contribution < 1.29 is 24.2 Å². The molecule has 1 aliphatic heterocycles.